The second kappa shape index (κ2) is 4.76. The number of aryl methyl sites for hydroxylation is 1. The van der Waals surface area contributed by atoms with Gasteiger partial charge in [-0.25, -0.2) is 4.98 Å². The summed E-state index contributed by atoms with van der Waals surface area (Å²) in [5, 5.41) is 4.69. The smallest absolute Gasteiger partial charge is 0.138 e. The SMILES string of the molecule is Cn1ncnc1CSc1cc(Cl)ccc1N. The molecule has 2 aromatic rings. The molecule has 84 valence electrons. The third-order valence-electron chi connectivity index (χ3n) is 2.14. The van der Waals surface area contributed by atoms with E-state index in [4.69, 9.17) is 17.3 Å². The zero-order valence-electron chi connectivity index (χ0n) is 8.72. The standard InChI is InChI=1S/C10H11ClN4S/c1-15-10(13-6-14-15)5-16-9-4-7(11)2-3-8(9)12/h2-4,6H,5,12H2,1H3. The molecule has 0 aliphatic rings. The molecule has 0 aliphatic carbocycles. The predicted octanol–water partition coefficient (Wildman–Crippen LogP) is 2.34. The molecule has 2 rings (SSSR count). The lowest BCUT2D eigenvalue weighted by atomic mass is 10.3. The first-order valence-corrected chi connectivity index (χ1v) is 6.04. The van der Waals surface area contributed by atoms with Crippen LogP contribution in [0.3, 0.4) is 0 Å². The first-order chi connectivity index (χ1) is 7.66. The number of aromatic nitrogens is 3. The quantitative estimate of drug-likeness (QED) is 0.675. The van der Waals surface area contributed by atoms with Crippen molar-refractivity contribution in [3.05, 3.63) is 35.4 Å². The van der Waals surface area contributed by atoms with Crippen LogP contribution in [-0.2, 0) is 12.8 Å². The Bertz CT molecular complexity index is 497. The number of thioether (sulfide) groups is 1. The van der Waals surface area contributed by atoms with Crippen molar-refractivity contribution >= 4 is 29.1 Å². The van der Waals surface area contributed by atoms with Crippen molar-refractivity contribution < 1.29 is 0 Å². The van der Waals surface area contributed by atoms with E-state index < -0.39 is 0 Å². The van der Waals surface area contributed by atoms with Gasteiger partial charge in [-0.3, -0.25) is 4.68 Å². The van der Waals surface area contributed by atoms with Crippen LogP contribution < -0.4 is 5.73 Å². The van der Waals surface area contributed by atoms with Gasteiger partial charge in [0.2, 0.25) is 0 Å². The van der Waals surface area contributed by atoms with Crippen molar-refractivity contribution in [2.75, 3.05) is 5.73 Å². The molecular weight excluding hydrogens is 244 g/mol. The summed E-state index contributed by atoms with van der Waals surface area (Å²) >= 11 is 7.51. The summed E-state index contributed by atoms with van der Waals surface area (Å²) in [7, 11) is 1.87. The molecule has 4 nitrogen and oxygen atoms in total. The first kappa shape index (κ1) is 11.3. The highest BCUT2D eigenvalue weighted by Crippen LogP contribution is 2.29. The Balaban J connectivity index is 2.10. The average molecular weight is 255 g/mol. The number of hydrogen-bond donors (Lipinski definition) is 1. The molecule has 2 N–H and O–H groups in total. The van der Waals surface area contributed by atoms with Crippen LogP contribution in [0.5, 0.6) is 0 Å². The third kappa shape index (κ3) is 2.48. The molecule has 0 saturated carbocycles. The number of anilines is 1. The predicted molar refractivity (Wildman–Crippen MR) is 66.4 cm³/mol. The van der Waals surface area contributed by atoms with Crippen LogP contribution in [0.2, 0.25) is 5.02 Å². The van der Waals surface area contributed by atoms with Crippen LogP contribution in [0.15, 0.2) is 29.4 Å². The van der Waals surface area contributed by atoms with Gasteiger partial charge < -0.3 is 5.73 Å². The van der Waals surface area contributed by atoms with Crippen LogP contribution in [0.25, 0.3) is 0 Å². The van der Waals surface area contributed by atoms with Gasteiger partial charge in [-0.1, -0.05) is 11.6 Å². The van der Waals surface area contributed by atoms with Gasteiger partial charge in [0.15, 0.2) is 0 Å². The number of nitrogens with two attached hydrogens (primary N) is 1. The summed E-state index contributed by atoms with van der Waals surface area (Å²) in [6.07, 6.45) is 1.54. The molecule has 0 amide bonds. The molecule has 0 atom stereocenters. The molecule has 1 aromatic carbocycles. The van der Waals surface area contributed by atoms with Crippen molar-refractivity contribution in [2.24, 2.45) is 7.05 Å². The highest BCUT2D eigenvalue weighted by atomic mass is 35.5. The van der Waals surface area contributed by atoms with E-state index in [1.54, 1.807) is 28.6 Å². The molecule has 0 saturated heterocycles. The molecule has 0 radical (unpaired) electrons. The van der Waals surface area contributed by atoms with Gasteiger partial charge in [-0.2, -0.15) is 5.10 Å². The van der Waals surface area contributed by atoms with Crippen LogP contribution in [0, 0.1) is 0 Å². The summed E-state index contributed by atoms with van der Waals surface area (Å²) in [5.74, 6) is 1.63. The van der Waals surface area contributed by atoms with Crippen molar-refractivity contribution in [1.29, 1.82) is 0 Å². The first-order valence-electron chi connectivity index (χ1n) is 4.67. The van der Waals surface area contributed by atoms with E-state index in [-0.39, 0.29) is 0 Å². The zero-order chi connectivity index (χ0) is 11.5. The fraction of sp³-hybridized carbons (Fsp3) is 0.200. The lowest BCUT2D eigenvalue weighted by Crippen LogP contribution is -1.97. The molecule has 0 bridgehead atoms. The van der Waals surface area contributed by atoms with Crippen molar-refractivity contribution in [1.82, 2.24) is 14.8 Å². The maximum Gasteiger partial charge on any atom is 0.138 e. The van der Waals surface area contributed by atoms with E-state index in [1.165, 1.54) is 6.33 Å². The van der Waals surface area contributed by atoms with Gasteiger partial charge in [-0.05, 0) is 18.2 Å². The highest BCUT2D eigenvalue weighted by molar-refractivity contribution is 7.98. The van der Waals surface area contributed by atoms with E-state index in [0.717, 1.165) is 22.2 Å². The Morgan fingerprint density at radius 2 is 2.31 bits per heavy atom. The fourth-order valence-electron chi connectivity index (χ4n) is 1.23. The van der Waals surface area contributed by atoms with Gasteiger partial charge in [0.25, 0.3) is 0 Å². The minimum Gasteiger partial charge on any atom is -0.398 e. The second-order valence-corrected chi connectivity index (χ2v) is 4.72. The molecule has 0 unspecified atom stereocenters. The molecule has 1 aromatic heterocycles. The normalized spacial score (nSPS) is 10.6. The zero-order valence-corrected chi connectivity index (χ0v) is 10.3. The van der Waals surface area contributed by atoms with Gasteiger partial charge in [-0.15, -0.1) is 11.8 Å². The maximum absolute atomic E-state index is 5.91. The number of nitrogen functional groups attached to an aromatic ring is 1. The largest absolute Gasteiger partial charge is 0.398 e. The molecule has 0 fully saturated rings. The van der Waals surface area contributed by atoms with Gasteiger partial charge in [0, 0.05) is 22.7 Å². The number of nitrogens with zero attached hydrogens (tertiary/aromatic N) is 3. The summed E-state index contributed by atoms with van der Waals surface area (Å²) < 4.78 is 1.74. The Morgan fingerprint density at radius 1 is 1.50 bits per heavy atom. The number of rotatable bonds is 3. The molecule has 16 heavy (non-hydrogen) atoms. The van der Waals surface area contributed by atoms with Crippen molar-refractivity contribution in [2.45, 2.75) is 10.6 Å². The van der Waals surface area contributed by atoms with E-state index in [2.05, 4.69) is 10.1 Å². The van der Waals surface area contributed by atoms with Gasteiger partial charge >= 0.3 is 0 Å². The minimum absolute atomic E-state index is 0.690. The number of hydrogen-bond acceptors (Lipinski definition) is 4. The Hall–Kier alpha value is -1.20. The van der Waals surface area contributed by atoms with Crippen LogP contribution in [0.1, 0.15) is 5.82 Å². The van der Waals surface area contributed by atoms with E-state index in [0.29, 0.717) is 5.02 Å². The van der Waals surface area contributed by atoms with Crippen LogP contribution in [-0.4, -0.2) is 14.8 Å². The molecule has 0 spiro atoms. The van der Waals surface area contributed by atoms with Crippen molar-refractivity contribution in [3.63, 3.8) is 0 Å². The monoisotopic (exact) mass is 254 g/mol. The van der Waals surface area contributed by atoms with Gasteiger partial charge in [0.1, 0.15) is 12.2 Å². The summed E-state index contributed by atoms with van der Waals surface area (Å²) in [6.45, 7) is 0. The van der Waals surface area contributed by atoms with Crippen LogP contribution in [0.4, 0.5) is 5.69 Å². The maximum atomic E-state index is 5.91. The van der Waals surface area contributed by atoms with Gasteiger partial charge in [0.05, 0.1) is 5.75 Å². The molecule has 6 heteroatoms. The summed E-state index contributed by atoms with van der Waals surface area (Å²) in [4.78, 5) is 5.11. The summed E-state index contributed by atoms with van der Waals surface area (Å²) in [5.41, 5.74) is 6.58. The number of benzene rings is 1. The molecule has 1 heterocycles. The number of halogens is 1. The third-order valence-corrected chi connectivity index (χ3v) is 3.44. The van der Waals surface area contributed by atoms with E-state index >= 15 is 0 Å². The lowest BCUT2D eigenvalue weighted by Gasteiger charge is -2.05. The average Bonchev–Trinajstić information content (AvgIpc) is 2.66. The fourth-order valence-corrected chi connectivity index (χ4v) is 2.45. The van der Waals surface area contributed by atoms with E-state index in [1.807, 2.05) is 13.1 Å². The van der Waals surface area contributed by atoms with Crippen molar-refractivity contribution in [3.8, 4) is 0 Å². The lowest BCUT2D eigenvalue weighted by molar-refractivity contribution is 0.730. The Morgan fingerprint density at radius 3 is 3.00 bits per heavy atom. The molecular formula is C10H11ClN4S. The van der Waals surface area contributed by atoms with Crippen LogP contribution >= 0.6 is 23.4 Å². The highest BCUT2D eigenvalue weighted by Gasteiger charge is 2.05. The second-order valence-electron chi connectivity index (χ2n) is 3.27. The Kier molecular flexibility index (Phi) is 3.36. The molecule has 0 aliphatic heterocycles. The van der Waals surface area contributed by atoms with E-state index in [9.17, 15) is 0 Å². The summed E-state index contributed by atoms with van der Waals surface area (Å²) in [6, 6.07) is 5.45. The topological polar surface area (TPSA) is 56.7 Å². The Labute approximate surface area is 103 Å². The minimum atomic E-state index is 0.690.